The lowest BCUT2D eigenvalue weighted by Gasteiger charge is -2.35. The highest BCUT2D eigenvalue weighted by Crippen LogP contribution is 2.58. The second-order valence-electron chi connectivity index (χ2n) is 15.7. The first-order chi connectivity index (χ1) is 26.4. The van der Waals surface area contributed by atoms with Crippen molar-refractivity contribution < 1.29 is 0 Å². The summed E-state index contributed by atoms with van der Waals surface area (Å²) in [6.07, 6.45) is 6.94. The summed E-state index contributed by atoms with van der Waals surface area (Å²) in [6.45, 7) is 7.04. The maximum atomic E-state index is 2.49. The minimum atomic E-state index is -0.477. The predicted molar refractivity (Wildman–Crippen MR) is 227 cm³/mol. The number of benzene rings is 7. The second-order valence-corrected chi connectivity index (χ2v) is 15.7. The molecule has 54 heavy (non-hydrogen) atoms. The Morgan fingerprint density at radius 3 is 1.72 bits per heavy atom. The van der Waals surface area contributed by atoms with Gasteiger partial charge in [0.05, 0.1) is 5.41 Å². The van der Waals surface area contributed by atoms with Crippen LogP contribution >= 0.6 is 0 Å². The third kappa shape index (κ3) is 4.85. The van der Waals surface area contributed by atoms with Crippen LogP contribution in [0, 0.1) is 6.92 Å². The highest BCUT2D eigenvalue weighted by Gasteiger charge is 2.46. The number of hydrogen-bond donors (Lipinski definition) is 0. The maximum absolute atomic E-state index is 2.49. The van der Waals surface area contributed by atoms with Crippen molar-refractivity contribution in [3.05, 3.63) is 227 Å². The molecule has 0 saturated heterocycles. The molecule has 0 amide bonds. The first-order valence-corrected chi connectivity index (χ1v) is 19.3. The Morgan fingerprint density at radius 2 is 1.06 bits per heavy atom. The van der Waals surface area contributed by atoms with Crippen LogP contribution in [0.15, 0.2) is 188 Å². The van der Waals surface area contributed by atoms with Crippen molar-refractivity contribution in [3.8, 4) is 22.3 Å². The molecule has 1 heteroatoms. The summed E-state index contributed by atoms with van der Waals surface area (Å²) in [7, 11) is 0. The fraction of sp³-hybridized carbons (Fsp3) is 0.132. The summed E-state index contributed by atoms with van der Waals surface area (Å²) in [5.41, 5.74) is 20.3. The third-order valence-electron chi connectivity index (χ3n) is 12.3. The Bertz CT molecular complexity index is 2570. The van der Waals surface area contributed by atoms with E-state index in [-0.39, 0.29) is 5.41 Å². The van der Waals surface area contributed by atoms with Crippen molar-refractivity contribution in [2.24, 2.45) is 0 Å². The molecular weight excluding hydrogens is 651 g/mol. The minimum absolute atomic E-state index is 0.0263. The summed E-state index contributed by atoms with van der Waals surface area (Å²) in [6, 6.07) is 63.5. The fourth-order valence-corrected chi connectivity index (χ4v) is 9.77. The summed E-state index contributed by atoms with van der Waals surface area (Å²) in [5, 5.41) is 0. The molecule has 7 aromatic rings. The van der Waals surface area contributed by atoms with E-state index < -0.39 is 5.41 Å². The van der Waals surface area contributed by atoms with Crippen molar-refractivity contribution in [2.45, 2.75) is 44.4 Å². The van der Waals surface area contributed by atoms with Gasteiger partial charge in [0.2, 0.25) is 0 Å². The largest absolute Gasteiger partial charge is 0.310 e. The van der Waals surface area contributed by atoms with E-state index in [1.807, 2.05) is 0 Å². The summed E-state index contributed by atoms with van der Waals surface area (Å²) in [5.74, 6) is 0. The number of anilines is 3. The van der Waals surface area contributed by atoms with Crippen LogP contribution < -0.4 is 4.90 Å². The van der Waals surface area contributed by atoms with E-state index in [0.29, 0.717) is 0 Å². The van der Waals surface area contributed by atoms with Crippen LogP contribution in [0.4, 0.5) is 17.1 Å². The molecule has 0 spiro atoms. The zero-order chi connectivity index (χ0) is 36.4. The van der Waals surface area contributed by atoms with E-state index in [4.69, 9.17) is 0 Å². The quantitative estimate of drug-likeness (QED) is 0.168. The van der Waals surface area contributed by atoms with E-state index in [1.165, 1.54) is 72.5 Å². The molecule has 0 fully saturated rings. The first kappa shape index (κ1) is 32.5. The van der Waals surface area contributed by atoms with Crippen molar-refractivity contribution in [3.63, 3.8) is 0 Å². The Morgan fingerprint density at radius 1 is 0.481 bits per heavy atom. The SMILES string of the molecule is Cc1ccc2c(c1)-c1ccc(N(c3ccc(-c4ccccc4)cc3)c3ccc4c(c3)C(C)(C)C3=C4C=CCC3)cc1C2(c1ccccc1)c1ccccc1. The maximum Gasteiger partial charge on any atom is 0.0714 e. The molecule has 0 saturated carbocycles. The monoisotopic (exact) mass is 693 g/mol. The van der Waals surface area contributed by atoms with Crippen molar-refractivity contribution in [1.29, 1.82) is 0 Å². The smallest absolute Gasteiger partial charge is 0.0714 e. The van der Waals surface area contributed by atoms with Crippen LogP contribution in [-0.4, -0.2) is 0 Å². The predicted octanol–water partition coefficient (Wildman–Crippen LogP) is 13.9. The van der Waals surface area contributed by atoms with Crippen molar-refractivity contribution in [2.75, 3.05) is 4.90 Å². The molecule has 10 rings (SSSR count). The Labute approximate surface area is 319 Å². The molecule has 0 heterocycles. The molecule has 3 aliphatic carbocycles. The number of fused-ring (bicyclic) bond motifs is 5. The standard InChI is InChI=1S/C53H43N/c1-36-23-32-49-47(33-36)46-31-29-43(35-51(46)53(49,39-17-9-5-10-18-39)40-19-11-6-12-20-40)54(41-26-24-38(25-27-41)37-15-7-4-8-16-37)42-28-30-45-44-21-13-14-22-48(44)52(2,3)50(45)34-42/h4-13,15-21,23-35H,14,22H2,1-3H3. The van der Waals surface area contributed by atoms with Gasteiger partial charge in [0.1, 0.15) is 0 Å². The molecular formula is C53H43N. The average Bonchev–Trinajstić information content (AvgIpc) is 3.64. The minimum Gasteiger partial charge on any atom is -0.310 e. The molecule has 0 unspecified atom stereocenters. The van der Waals surface area contributed by atoms with E-state index in [2.05, 4.69) is 208 Å². The summed E-state index contributed by atoms with van der Waals surface area (Å²) >= 11 is 0. The number of aryl methyl sites for hydroxylation is 1. The molecule has 260 valence electrons. The Hall–Kier alpha value is -6.18. The van der Waals surface area contributed by atoms with Crippen LogP contribution in [0.25, 0.3) is 27.8 Å². The molecule has 0 aliphatic heterocycles. The van der Waals surface area contributed by atoms with Gasteiger partial charge in [0.25, 0.3) is 0 Å². The van der Waals surface area contributed by atoms with E-state index in [1.54, 1.807) is 5.57 Å². The molecule has 7 aromatic carbocycles. The lowest BCUT2D eigenvalue weighted by atomic mass is 9.67. The van der Waals surface area contributed by atoms with Gasteiger partial charge >= 0.3 is 0 Å². The number of allylic oxidation sites excluding steroid dienone is 4. The van der Waals surface area contributed by atoms with Crippen LogP contribution in [0.1, 0.15) is 65.6 Å². The zero-order valence-corrected chi connectivity index (χ0v) is 31.2. The van der Waals surface area contributed by atoms with Crippen molar-refractivity contribution >= 4 is 22.6 Å². The highest BCUT2D eigenvalue weighted by atomic mass is 15.1. The van der Waals surface area contributed by atoms with Crippen molar-refractivity contribution in [1.82, 2.24) is 0 Å². The molecule has 0 atom stereocenters. The van der Waals surface area contributed by atoms with Gasteiger partial charge < -0.3 is 4.90 Å². The van der Waals surface area contributed by atoms with Gasteiger partial charge in [0.15, 0.2) is 0 Å². The van der Waals surface area contributed by atoms with Crippen LogP contribution in [-0.2, 0) is 10.8 Å². The number of rotatable bonds is 6. The van der Waals surface area contributed by atoms with Crippen LogP contribution in [0.5, 0.6) is 0 Å². The number of hydrogen-bond acceptors (Lipinski definition) is 1. The normalized spacial score (nSPS) is 15.7. The van der Waals surface area contributed by atoms with Gasteiger partial charge in [-0.1, -0.05) is 171 Å². The Balaban J connectivity index is 1.21. The molecule has 3 aliphatic rings. The molecule has 0 radical (unpaired) electrons. The van der Waals surface area contributed by atoms with Crippen LogP contribution in [0.2, 0.25) is 0 Å². The average molecular weight is 694 g/mol. The van der Waals surface area contributed by atoms with Gasteiger partial charge in [-0.2, -0.15) is 0 Å². The highest BCUT2D eigenvalue weighted by molar-refractivity contribution is 5.92. The second kappa shape index (κ2) is 12.5. The van der Waals surface area contributed by atoms with Gasteiger partial charge in [-0.05, 0) is 117 Å². The van der Waals surface area contributed by atoms with Gasteiger partial charge in [-0.3, -0.25) is 0 Å². The molecule has 1 nitrogen and oxygen atoms in total. The lowest BCUT2D eigenvalue weighted by molar-refractivity contribution is 0.607. The zero-order valence-electron chi connectivity index (χ0n) is 31.2. The summed E-state index contributed by atoms with van der Waals surface area (Å²) in [4.78, 5) is 2.48. The molecule has 0 aromatic heterocycles. The van der Waals surface area contributed by atoms with Gasteiger partial charge in [0, 0.05) is 22.5 Å². The van der Waals surface area contributed by atoms with Gasteiger partial charge in [-0.25, -0.2) is 0 Å². The summed E-state index contributed by atoms with van der Waals surface area (Å²) < 4.78 is 0. The number of nitrogens with zero attached hydrogens (tertiary/aromatic N) is 1. The van der Waals surface area contributed by atoms with Gasteiger partial charge in [-0.15, -0.1) is 0 Å². The topological polar surface area (TPSA) is 3.24 Å². The third-order valence-corrected chi connectivity index (χ3v) is 12.3. The van der Waals surface area contributed by atoms with E-state index in [0.717, 1.165) is 24.2 Å². The van der Waals surface area contributed by atoms with E-state index >= 15 is 0 Å². The van der Waals surface area contributed by atoms with E-state index in [9.17, 15) is 0 Å². The lowest BCUT2D eigenvalue weighted by Crippen LogP contribution is -2.28. The molecule has 0 bridgehead atoms. The van der Waals surface area contributed by atoms with Crippen LogP contribution in [0.3, 0.4) is 0 Å². The Kier molecular flexibility index (Phi) is 7.49. The fourth-order valence-electron chi connectivity index (χ4n) is 9.77. The first-order valence-electron chi connectivity index (χ1n) is 19.3. The molecule has 0 N–H and O–H groups in total.